The van der Waals surface area contributed by atoms with Crippen molar-refractivity contribution in [3.05, 3.63) is 33.9 Å². The number of nitro groups is 1. The summed E-state index contributed by atoms with van der Waals surface area (Å²) in [5.41, 5.74) is -0.177. The van der Waals surface area contributed by atoms with Gasteiger partial charge in [0.1, 0.15) is 12.4 Å². The lowest BCUT2D eigenvalue weighted by molar-refractivity contribution is -0.385. The summed E-state index contributed by atoms with van der Waals surface area (Å²) in [6.07, 6.45) is 0.801. The second-order valence-electron chi connectivity index (χ2n) is 4.30. The van der Waals surface area contributed by atoms with E-state index in [0.29, 0.717) is 25.6 Å². The fourth-order valence-electron chi connectivity index (χ4n) is 1.68. The van der Waals surface area contributed by atoms with E-state index in [0.717, 1.165) is 6.42 Å². The van der Waals surface area contributed by atoms with Crippen molar-refractivity contribution in [2.75, 3.05) is 33.5 Å². The molecule has 0 aliphatic rings. The number of hydrogen-bond acceptors (Lipinski definition) is 6. The lowest BCUT2D eigenvalue weighted by Gasteiger charge is -2.08. The molecule has 0 saturated carbocycles. The number of Topliss-reactive ketones (excluding diaryl/α,β-unsaturated/α-hetero) is 1. The van der Waals surface area contributed by atoms with Gasteiger partial charge >= 0.3 is 0 Å². The van der Waals surface area contributed by atoms with Gasteiger partial charge in [-0.15, -0.1) is 0 Å². The molecule has 116 valence electrons. The molecular weight excluding hydrogens is 278 g/mol. The van der Waals surface area contributed by atoms with Crippen molar-refractivity contribution in [3.8, 4) is 5.75 Å². The van der Waals surface area contributed by atoms with Crippen LogP contribution < -0.4 is 4.74 Å². The molecule has 0 aliphatic carbocycles. The van der Waals surface area contributed by atoms with Crippen LogP contribution in [0.3, 0.4) is 0 Å². The van der Waals surface area contributed by atoms with Gasteiger partial charge in [-0.3, -0.25) is 14.9 Å². The highest BCUT2D eigenvalue weighted by atomic mass is 16.6. The van der Waals surface area contributed by atoms with E-state index in [1.807, 2.05) is 0 Å². The topological polar surface area (TPSA) is 87.9 Å². The molecule has 0 N–H and O–H groups in total. The summed E-state index contributed by atoms with van der Waals surface area (Å²) < 4.78 is 15.6. The first kappa shape index (κ1) is 17.1. The van der Waals surface area contributed by atoms with E-state index in [2.05, 4.69) is 0 Å². The summed E-state index contributed by atoms with van der Waals surface area (Å²) >= 11 is 0. The third-order valence-electron chi connectivity index (χ3n) is 2.68. The molecule has 0 saturated heterocycles. The van der Waals surface area contributed by atoms with E-state index >= 15 is 0 Å². The second-order valence-corrected chi connectivity index (χ2v) is 4.30. The van der Waals surface area contributed by atoms with Gasteiger partial charge in [-0.1, -0.05) is 0 Å². The number of methoxy groups -OCH3 is 1. The summed E-state index contributed by atoms with van der Waals surface area (Å²) in [6, 6.07) is 4.19. The minimum atomic E-state index is -0.592. The van der Waals surface area contributed by atoms with Crippen LogP contribution in [0.5, 0.6) is 5.75 Å². The van der Waals surface area contributed by atoms with Gasteiger partial charge in [0.15, 0.2) is 5.78 Å². The van der Waals surface area contributed by atoms with Gasteiger partial charge < -0.3 is 14.2 Å². The van der Waals surface area contributed by atoms with Crippen LogP contribution in [0.15, 0.2) is 18.2 Å². The van der Waals surface area contributed by atoms with E-state index in [1.165, 1.54) is 25.1 Å². The van der Waals surface area contributed by atoms with Crippen molar-refractivity contribution >= 4 is 11.5 Å². The largest absolute Gasteiger partial charge is 0.491 e. The molecule has 0 fully saturated rings. The highest BCUT2D eigenvalue weighted by molar-refractivity contribution is 5.98. The normalized spacial score (nSPS) is 10.4. The third kappa shape index (κ3) is 5.88. The standard InChI is InChI=1S/C14H19NO6/c1-11(16)13-5-4-12(10-14(13)15(17)18)21-9-8-20-7-3-6-19-2/h4-5,10H,3,6-9H2,1-2H3. The second kappa shape index (κ2) is 9.04. The van der Waals surface area contributed by atoms with Crippen molar-refractivity contribution < 1.29 is 23.9 Å². The fourth-order valence-corrected chi connectivity index (χ4v) is 1.68. The fraction of sp³-hybridized carbons (Fsp3) is 0.500. The molecule has 1 rings (SSSR count). The number of nitro benzene ring substituents is 1. The summed E-state index contributed by atoms with van der Waals surface area (Å²) in [6.45, 7) is 3.16. The molecule has 7 nitrogen and oxygen atoms in total. The zero-order valence-electron chi connectivity index (χ0n) is 12.2. The molecule has 0 radical (unpaired) electrons. The SMILES string of the molecule is COCCCOCCOc1ccc(C(C)=O)c([N+](=O)[O-])c1. The molecule has 0 aliphatic heterocycles. The number of carbonyl (C=O) groups excluding carboxylic acids is 1. The number of ketones is 1. The number of ether oxygens (including phenoxy) is 3. The quantitative estimate of drug-likeness (QED) is 0.285. The van der Waals surface area contributed by atoms with E-state index in [-0.39, 0.29) is 23.6 Å². The summed E-state index contributed by atoms with van der Waals surface area (Å²) in [7, 11) is 1.63. The van der Waals surface area contributed by atoms with Crippen LogP contribution in [0.2, 0.25) is 0 Å². The van der Waals surface area contributed by atoms with Crippen molar-refractivity contribution in [3.63, 3.8) is 0 Å². The summed E-state index contributed by atoms with van der Waals surface area (Å²) in [5, 5.41) is 10.9. The van der Waals surface area contributed by atoms with E-state index in [1.54, 1.807) is 7.11 Å². The predicted molar refractivity (Wildman–Crippen MR) is 75.9 cm³/mol. The van der Waals surface area contributed by atoms with Crippen LogP contribution in [0.25, 0.3) is 0 Å². The smallest absolute Gasteiger partial charge is 0.283 e. The number of rotatable bonds is 10. The molecule has 0 amide bonds. The Kier molecular flexibility index (Phi) is 7.34. The first-order valence-corrected chi connectivity index (χ1v) is 6.55. The number of benzene rings is 1. The predicted octanol–water partition coefficient (Wildman–Crippen LogP) is 2.23. The Hall–Kier alpha value is -1.99. The van der Waals surface area contributed by atoms with Gasteiger partial charge in [0.05, 0.1) is 23.2 Å². The van der Waals surface area contributed by atoms with Crippen LogP contribution in [0, 0.1) is 10.1 Å². The zero-order chi connectivity index (χ0) is 15.7. The lowest BCUT2D eigenvalue weighted by atomic mass is 10.1. The first-order chi connectivity index (χ1) is 10.1. The summed E-state index contributed by atoms with van der Waals surface area (Å²) in [5.74, 6) is -0.0121. The van der Waals surface area contributed by atoms with Crippen molar-refractivity contribution in [2.45, 2.75) is 13.3 Å². The van der Waals surface area contributed by atoms with Crippen LogP contribution in [0.1, 0.15) is 23.7 Å². The third-order valence-corrected chi connectivity index (χ3v) is 2.68. The number of carbonyl (C=O) groups is 1. The van der Waals surface area contributed by atoms with Crippen LogP contribution in [-0.2, 0) is 9.47 Å². The van der Waals surface area contributed by atoms with E-state index in [9.17, 15) is 14.9 Å². The molecule has 0 atom stereocenters. The summed E-state index contributed by atoms with van der Waals surface area (Å²) in [4.78, 5) is 21.6. The molecule has 1 aromatic rings. The molecule has 0 bridgehead atoms. The minimum absolute atomic E-state index is 0.0724. The highest BCUT2D eigenvalue weighted by Crippen LogP contribution is 2.25. The van der Waals surface area contributed by atoms with Gasteiger partial charge in [-0.2, -0.15) is 0 Å². The average molecular weight is 297 g/mol. The maximum absolute atomic E-state index is 11.3. The first-order valence-electron chi connectivity index (χ1n) is 6.55. The number of nitrogens with zero attached hydrogens (tertiary/aromatic N) is 1. The molecular formula is C14H19NO6. The van der Waals surface area contributed by atoms with E-state index in [4.69, 9.17) is 14.2 Å². The number of hydrogen-bond donors (Lipinski definition) is 0. The Bertz CT molecular complexity index is 488. The molecule has 0 spiro atoms. The Labute approximate surface area is 123 Å². The maximum Gasteiger partial charge on any atom is 0.283 e. The van der Waals surface area contributed by atoms with Crippen molar-refractivity contribution in [2.24, 2.45) is 0 Å². The van der Waals surface area contributed by atoms with Crippen LogP contribution in [0.4, 0.5) is 5.69 Å². The van der Waals surface area contributed by atoms with Gasteiger partial charge in [-0.05, 0) is 25.5 Å². The Balaban J connectivity index is 2.47. The Morgan fingerprint density at radius 3 is 2.62 bits per heavy atom. The van der Waals surface area contributed by atoms with Crippen LogP contribution >= 0.6 is 0 Å². The van der Waals surface area contributed by atoms with Gasteiger partial charge in [0.25, 0.3) is 5.69 Å². The van der Waals surface area contributed by atoms with Crippen molar-refractivity contribution in [1.29, 1.82) is 0 Å². The monoisotopic (exact) mass is 297 g/mol. The Morgan fingerprint density at radius 2 is 2.00 bits per heavy atom. The molecule has 0 aromatic heterocycles. The molecule has 21 heavy (non-hydrogen) atoms. The average Bonchev–Trinajstić information content (AvgIpc) is 2.46. The molecule has 7 heteroatoms. The van der Waals surface area contributed by atoms with Gasteiger partial charge in [0.2, 0.25) is 0 Å². The van der Waals surface area contributed by atoms with E-state index < -0.39 is 4.92 Å². The highest BCUT2D eigenvalue weighted by Gasteiger charge is 2.18. The van der Waals surface area contributed by atoms with Crippen LogP contribution in [-0.4, -0.2) is 44.2 Å². The molecule has 1 aromatic carbocycles. The minimum Gasteiger partial charge on any atom is -0.491 e. The Morgan fingerprint density at radius 1 is 1.24 bits per heavy atom. The van der Waals surface area contributed by atoms with Gasteiger partial charge in [-0.25, -0.2) is 0 Å². The molecule has 0 heterocycles. The maximum atomic E-state index is 11.3. The lowest BCUT2D eigenvalue weighted by Crippen LogP contribution is -2.09. The molecule has 0 unspecified atom stereocenters. The van der Waals surface area contributed by atoms with Gasteiger partial charge in [0, 0.05) is 20.3 Å². The zero-order valence-corrected chi connectivity index (χ0v) is 12.2. The van der Waals surface area contributed by atoms with Crippen molar-refractivity contribution in [1.82, 2.24) is 0 Å².